The molecular formula is C75H112N2O12S. The Morgan fingerprint density at radius 1 is 0.611 bits per heavy atom. The predicted molar refractivity (Wildman–Crippen MR) is 351 cm³/mol. The minimum absolute atomic E-state index is 0.0836. The van der Waals surface area contributed by atoms with Crippen molar-refractivity contribution in [2.75, 3.05) is 32.7 Å². The van der Waals surface area contributed by atoms with Gasteiger partial charge in [0.1, 0.15) is 22.8 Å². The Morgan fingerprint density at radius 2 is 1.03 bits per heavy atom. The molecule has 3 N–H and O–H groups in total. The van der Waals surface area contributed by atoms with Crippen molar-refractivity contribution < 1.29 is 56.7 Å². The molecule has 4 aliphatic heterocycles. The van der Waals surface area contributed by atoms with Crippen LogP contribution in [0.15, 0.2) is 83.0 Å². The minimum atomic E-state index is -4.06. The molecule has 14 nitrogen and oxygen atoms in total. The fraction of sp³-hybridized carbons (Fsp3) is 0.760. The Morgan fingerprint density at radius 3 is 1.46 bits per heavy atom. The first-order chi connectivity index (χ1) is 42.7. The number of amides is 2. The van der Waals surface area contributed by atoms with Gasteiger partial charge in [0.05, 0.1) is 47.7 Å². The van der Waals surface area contributed by atoms with Gasteiger partial charge in [-0.1, -0.05) is 124 Å². The molecule has 2 amide bonds. The van der Waals surface area contributed by atoms with Gasteiger partial charge in [0.25, 0.3) is 0 Å². The maximum absolute atomic E-state index is 13.5. The zero-order valence-corrected chi connectivity index (χ0v) is 57.3. The second kappa shape index (κ2) is 25.5. The van der Waals surface area contributed by atoms with Crippen molar-refractivity contribution in [1.82, 2.24) is 9.80 Å². The van der Waals surface area contributed by atoms with Crippen LogP contribution in [0.1, 0.15) is 195 Å². The van der Waals surface area contributed by atoms with Crippen molar-refractivity contribution in [3.8, 4) is 0 Å². The van der Waals surface area contributed by atoms with E-state index < -0.39 is 9.63 Å². The normalized spacial score (nSPS) is 43.0. The summed E-state index contributed by atoms with van der Waals surface area (Å²) in [6.45, 7) is 21.4. The van der Waals surface area contributed by atoms with E-state index >= 15 is 0 Å². The first-order valence-corrected chi connectivity index (χ1v) is 38.0. The molecule has 500 valence electrons. The Labute approximate surface area is 539 Å². The highest BCUT2D eigenvalue weighted by Crippen LogP contribution is 2.68. The van der Waals surface area contributed by atoms with E-state index in [1.54, 1.807) is 22.3 Å². The monoisotopic (exact) mass is 1260 g/mol. The molecule has 12 aliphatic rings. The van der Waals surface area contributed by atoms with Crippen molar-refractivity contribution in [1.29, 1.82) is 0 Å². The van der Waals surface area contributed by atoms with Gasteiger partial charge in [-0.15, -0.1) is 4.33 Å². The minimum Gasteiger partial charge on any atom is -0.445 e. The number of aliphatic hydroxyl groups excluding tert-OH is 1. The van der Waals surface area contributed by atoms with Crippen LogP contribution in [0, 0.1) is 81.8 Å². The first-order valence-electron chi connectivity index (χ1n) is 35.3. The van der Waals surface area contributed by atoms with Gasteiger partial charge < -0.3 is 43.1 Å². The summed E-state index contributed by atoms with van der Waals surface area (Å²) < 4.78 is 53.8. The van der Waals surface area contributed by atoms with Gasteiger partial charge in [-0.25, -0.2) is 19.1 Å². The van der Waals surface area contributed by atoms with Crippen LogP contribution >= 0.6 is 0 Å². The van der Waals surface area contributed by atoms with Crippen molar-refractivity contribution >= 4 is 21.8 Å². The molecule has 0 unspecified atom stereocenters. The molecular weight excluding hydrogens is 1150 g/mol. The van der Waals surface area contributed by atoms with Crippen LogP contribution in [0.25, 0.3) is 0 Å². The average molecular weight is 1270 g/mol. The van der Waals surface area contributed by atoms with E-state index in [1.165, 1.54) is 77.0 Å². The quantitative estimate of drug-likeness (QED) is 0.142. The van der Waals surface area contributed by atoms with E-state index in [9.17, 15) is 18.9 Å². The lowest BCUT2D eigenvalue weighted by Crippen LogP contribution is -2.54. The molecule has 90 heavy (non-hydrogen) atoms. The second-order valence-corrected chi connectivity index (χ2v) is 36.1. The van der Waals surface area contributed by atoms with Gasteiger partial charge in [-0.3, -0.25) is 0 Å². The standard InChI is InChI=1S/C37H53NO4.C36H51NO4.C2H8O4S/c1-23-17-33-34(38(21-23)35(39)41-22-26-9-7-6-8-10-26)25(3)37(42-33)16-14-29-30-12-11-27-18-28(40-5)13-15-36(27,4)32(30)19-31(29)24(2)20-37;1-22-16-32-33(37(20-22)34(39)40-21-25-8-6-5-7-9-25)24(3)36(41-32)15-13-28-29-11-10-26-17-27(38)12-14-35(26,4)31(29)18-30(28)23(2)19-36;1-7(2,4,5)6-3/h6-10,23,25,27-30,32-34H,11-22H2,1-5H3;5-9,22,24,26-29,31-33,38H,10-21H2,1-4H3;3H,1-2H3,(H,4,5)/t23-,25+,27+,28+,29-,30-,32-,33+,34-,36-,37-;22-,24+,26+,27+,28-,29-,31-,32+,33-,35-,36-;/m00./s1. The number of fused-ring (bicyclic) bond motifs is 12. The number of allylic oxidation sites excluding steroid dienone is 2. The van der Waals surface area contributed by atoms with Crippen molar-refractivity contribution in [2.24, 2.45) is 81.8 Å². The number of benzene rings is 2. The highest BCUT2D eigenvalue weighted by Gasteiger charge is 2.63. The van der Waals surface area contributed by atoms with Crippen molar-refractivity contribution in [2.45, 2.75) is 245 Å². The molecule has 8 aliphatic carbocycles. The van der Waals surface area contributed by atoms with Crippen LogP contribution < -0.4 is 0 Å². The Kier molecular flexibility index (Phi) is 18.8. The zero-order valence-electron chi connectivity index (χ0n) is 56.5. The number of carbonyl (C=O) groups excluding carboxylic acids is 2. The van der Waals surface area contributed by atoms with Gasteiger partial charge in [-0.2, -0.15) is 0 Å². The van der Waals surface area contributed by atoms with Gasteiger partial charge in [0, 0.05) is 44.5 Å². The van der Waals surface area contributed by atoms with Crippen LogP contribution in [0.3, 0.4) is 0 Å². The summed E-state index contributed by atoms with van der Waals surface area (Å²) in [5.74, 6) is 7.53. The summed E-state index contributed by atoms with van der Waals surface area (Å²) in [5, 5.41) is 18.1. The fourth-order valence-corrected chi connectivity index (χ4v) is 22.3. The number of rotatable bonds is 6. The van der Waals surface area contributed by atoms with Crippen LogP contribution in [0.4, 0.5) is 9.59 Å². The predicted octanol–water partition coefficient (Wildman–Crippen LogP) is 15.6. The number of hydrogen-bond acceptors (Lipinski definition) is 11. The van der Waals surface area contributed by atoms with E-state index in [-0.39, 0.29) is 59.7 Å². The second-order valence-electron chi connectivity index (χ2n) is 32.6. The molecule has 0 radical (unpaired) electrons. The maximum Gasteiger partial charge on any atom is 0.410 e. The summed E-state index contributed by atoms with van der Waals surface area (Å²) in [4.78, 5) is 31.1. The van der Waals surface area contributed by atoms with Crippen molar-refractivity contribution in [3.05, 3.63) is 94.1 Å². The summed E-state index contributed by atoms with van der Waals surface area (Å²) in [6.07, 6.45) is 25.7. The Bertz CT molecular complexity index is 3030. The summed E-state index contributed by atoms with van der Waals surface area (Å²) in [6, 6.07) is 20.2. The van der Waals surface area contributed by atoms with Crippen LogP contribution in [-0.2, 0) is 50.9 Å². The van der Waals surface area contributed by atoms with Crippen LogP contribution in [0.5, 0.6) is 0 Å². The molecule has 14 rings (SSSR count). The lowest BCUT2D eigenvalue weighted by molar-refractivity contribution is -0.141. The van der Waals surface area contributed by atoms with E-state index in [0.29, 0.717) is 59.7 Å². The third-order valence-electron chi connectivity index (χ3n) is 26.9. The first kappa shape index (κ1) is 66.4. The number of likely N-dealkylation sites (tertiary alicyclic amines) is 2. The van der Waals surface area contributed by atoms with Gasteiger partial charge in [0.15, 0.2) is 0 Å². The number of piperidine rings is 2. The summed E-state index contributed by atoms with van der Waals surface area (Å²) in [7, 11) is -2.15. The smallest absolute Gasteiger partial charge is 0.410 e. The average Bonchev–Trinajstić information content (AvgIpc) is 0.981. The molecule has 2 spiro atoms. The van der Waals surface area contributed by atoms with Gasteiger partial charge >= 0.3 is 12.2 Å². The maximum atomic E-state index is 13.5. The lowest BCUT2D eigenvalue weighted by Gasteiger charge is -2.54. The Hall–Kier alpha value is -3.67. The molecule has 4 heterocycles. The highest BCUT2D eigenvalue weighted by atomic mass is 32.3. The molecule has 2 aromatic rings. The SMILES string of the molecule is CC1=C2C[C@H]3[C@@H](CC[C@@H]4C[C@H](O)CC[C@@]43C)[C@@H]2CC[C@@]2(C1)O[C@@H]1C[C@H](C)CN(C(=O)OCc3ccccc3)[C@H]1[C@H]2C.CO[C@@H]1CC[C@@]2(C)[C@H](CC[C@H]3[C@@H]4CC[C@@]5(CC(C)=C4C[C@@H]32)O[C@@H]2C[C@H](C)CN(C(=O)OCc3ccccc3)[C@H]2[C@H]5C)C1.CS(C)(=O)(O)OO. The third-order valence-corrected chi connectivity index (χ3v) is 27.3. The molecule has 0 aromatic heterocycles. The molecule has 2 aromatic carbocycles. The van der Waals surface area contributed by atoms with E-state index in [2.05, 4.69) is 59.7 Å². The number of carbonyl (C=O) groups is 2. The van der Waals surface area contributed by atoms with Crippen LogP contribution in [0.2, 0.25) is 0 Å². The molecule has 4 saturated heterocycles. The number of nitrogens with zero attached hydrogens (tertiary/aromatic N) is 2. The number of aliphatic hydroxyl groups is 1. The zero-order chi connectivity index (χ0) is 63.9. The van der Waals surface area contributed by atoms with Gasteiger partial charge in [0.2, 0.25) is 0 Å². The largest absolute Gasteiger partial charge is 0.445 e. The molecule has 10 fully saturated rings. The van der Waals surface area contributed by atoms with Crippen LogP contribution in [-0.4, -0.2) is 122 Å². The highest BCUT2D eigenvalue weighted by molar-refractivity contribution is 8.09. The van der Waals surface area contributed by atoms with E-state index in [0.717, 1.165) is 124 Å². The molecule has 15 heteroatoms. The summed E-state index contributed by atoms with van der Waals surface area (Å²) in [5.41, 5.74) is 9.28. The fourth-order valence-electron chi connectivity index (χ4n) is 22.3. The Balaban J connectivity index is 0.000000158. The number of ether oxygens (including phenoxy) is 5. The molecule has 6 saturated carbocycles. The third kappa shape index (κ3) is 12.7. The van der Waals surface area contributed by atoms with Gasteiger partial charge in [-0.05, 0) is 223 Å². The topological polar surface area (TPSA) is 174 Å². The van der Waals surface area contributed by atoms with Crippen molar-refractivity contribution in [3.63, 3.8) is 0 Å². The number of hydrogen-bond donors (Lipinski definition) is 3. The molecule has 22 atom stereocenters. The van der Waals surface area contributed by atoms with E-state index in [4.69, 9.17) is 33.5 Å². The van der Waals surface area contributed by atoms with E-state index in [1.807, 2.05) is 77.6 Å². The number of methoxy groups -OCH3 is 1. The summed E-state index contributed by atoms with van der Waals surface area (Å²) >= 11 is 0. The lowest BCUT2D eigenvalue weighted by atomic mass is 9.52. The molecule has 0 bridgehead atoms.